The zero-order valence-electron chi connectivity index (χ0n) is 24.8. The highest BCUT2D eigenvalue weighted by Crippen LogP contribution is 2.16. The van der Waals surface area contributed by atoms with E-state index < -0.39 is 53.4 Å². The van der Waals surface area contributed by atoms with Crippen molar-refractivity contribution in [2.75, 3.05) is 18.4 Å². The molecule has 3 aromatic rings. The molecule has 6 amide bonds. The number of nitro benzene ring substituents is 1. The Morgan fingerprint density at radius 1 is 0.783 bits per heavy atom. The van der Waals surface area contributed by atoms with E-state index in [2.05, 4.69) is 26.6 Å². The molecule has 7 N–H and O–H groups in total. The molecule has 3 rings (SSSR count). The van der Waals surface area contributed by atoms with Gasteiger partial charge in [-0.25, -0.2) is 9.59 Å². The molecule has 0 aliphatic heterocycles. The number of non-ortho nitro benzene ring substituents is 1. The van der Waals surface area contributed by atoms with Gasteiger partial charge in [-0.3, -0.25) is 24.5 Å². The number of hydrogen-bond donors (Lipinski definition) is 6. The molecule has 0 aliphatic carbocycles. The number of carbonyl (C=O) groups is 5. The summed E-state index contributed by atoms with van der Waals surface area (Å²) in [6.07, 6.45) is -0.426. The fourth-order valence-electron chi connectivity index (χ4n) is 4.19. The van der Waals surface area contributed by atoms with Crippen LogP contribution in [0.1, 0.15) is 24.0 Å². The van der Waals surface area contributed by atoms with Gasteiger partial charge in [0.05, 0.1) is 4.92 Å². The lowest BCUT2D eigenvalue weighted by atomic mass is 10.0. The summed E-state index contributed by atoms with van der Waals surface area (Å²) < 4.78 is 5.11. The molecule has 0 heterocycles. The molecule has 46 heavy (non-hydrogen) atoms. The largest absolute Gasteiger partial charge is 0.445 e. The smallest absolute Gasteiger partial charge is 0.407 e. The number of urea groups is 1. The van der Waals surface area contributed by atoms with Crippen LogP contribution < -0.4 is 32.3 Å². The van der Waals surface area contributed by atoms with E-state index in [9.17, 15) is 34.1 Å². The molecule has 0 unspecified atom stereocenters. The van der Waals surface area contributed by atoms with Crippen LogP contribution in [-0.4, -0.2) is 59.9 Å². The maximum atomic E-state index is 13.5. The van der Waals surface area contributed by atoms with E-state index in [0.29, 0.717) is 0 Å². The number of benzene rings is 3. The first-order chi connectivity index (χ1) is 22.1. The number of amides is 6. The molecule has 242 valence electrons. The molecular weight excluding hydrogens is 598 g/mol. The Labute approximate surface area is 264 Å². The quantitative estimate of drug-likeness (QED) is 0.0776. The zero-order chi connectivity index (χ0) is 33.3. The molecule has 0 aromatic heterocycles. The monoisotopic (exact) mass is 633 g/mol. The van der Waals surface area contributed by atoms with Crippen molar-refractivity contribution in [3.8, 4) is 0 Å². The van der Waals surface area contributed by atoms with Crippen molar-refractivity contribution in [1.29, 1.82) is 0 Å². The van der Waals surface area contributed by atoms with Gasteiger partial charge < -0.3 is 37.1 Å². The highest BCUT2D eigenvalue weighted by Gasteiger charge is 2.27. The van der Waals surface area contributed by atoms with Crippen LogP contribution in [0.5, 0.6) is 0 Å². The highest BCUT2D eigenvalue weighted by atomic mass is 16.6. The molecule has 0 fully saturated rings. The van der Waals surface area contributed by atoms with Crippen molar-refractivity contribution in [3.05, 3.63) is 106 Å². The van der Waals surface area contributed by atoms with E-state index >= 15 is 0 Å². The minimum absolute atomic E-state index is 0.00557. The van der Waals surface area contributed by atoms with E-state index in [1.807, 2.05) is 6.07 Å². The van der Waals surface area contributed by atoms with Crippen LogP contribution in [0.4, 0.5) is 21.0 Å². The van der Waals surface area contributed by atoms with Gasteiger partial charge in [-0.15, -0.1) is 0 Å². The van der Waals surface area contributed by atoms with Crippen LogP contribution in [0, 0.1) is 10.1 Å². The Bertz CT molecular complexity index is 1490. The predicted molar refractivity (Wildman–Crippen MR) is 167 cm³/mol. The number of nitrogens with zero attached hydrogens (tertiary/aromatic N) is 1. The second-order valence-electron chi connectivity index (χ2n) is 10.0. The Morgan fingerprint density at radius 2 is 1.41 bits per heavy atom. The van der Waals surface area contributed by atoms with Gasteiger partial charge >= 0.3 is 12.1 Å². The Hall–Kier alpha value is -5.99. The van der Waals surface area contributed by atoms with Gasteiger partial charge in [-0.1, -0.05) is 60.7 Å². The molecule has 0 spiro atoms. The summed E-state index contributed by atoms with van der Waals surface area (Å²) in [7, 11) is 0. The molecule has 15 nitrogen and oxygen atoms in total. The van der Waals surface area contributed by atoms with Gasteiger partial charge in [0.25, 0.3) is 5.69 Å². The molecule has 0 saturated heterocycles. The summed E-state index contributed by atoms with van der Waals surface area (Å²) in [5.41, 5.74) is 6.68. The van der Waals surface area contributed by atoms with E-state index in [1.165, 1.54) is 24.3 Å². The lowest BCUT2D eigenvalue weighted by Crippen LogP contribution is -2.54. The first-order valence-corrected chi connectivity index (χ1v) is 14.3. The standard InChI is InChI=1S/C31H35N7O8/c32-30(42)33-17-7-12-25(28(40)35-23-13-15-24(16-14-23)38(44)45)37-29(41)26(18-21-8-3-1-4-9-21)36-27(39)19-34-31(43)46-20-22-10-5-2-6-11-22/h1-6,8-11,13-16,25-26H,7,12,17-20H2,(H,34,43)(H,35,40)(H,36,39)(H,37,41)(H3,32,33,42)/t25-,26-/m0/s1. The van der Waals surface area contributed by atoms with E-state index in [1.54, 1.807) is 54.6 Å². The number of primary amides is 1. The third kappa shape index (κ3) is 12.3. The van der Waals surface area contributed by atoms with Crippen LogP contribution >= 0.6 is 0 Å². The number of carbonyl (C=O) groups excluding carboxylic acids is 5. The predicted octanol–water partition coefficient (Wildman–Crippen LogP) is 2.12. The first-order valence-electron chi connectivity index (χ1n) is 14.3. The van der Waals surface area contributed by atoms with E-state index in [-0.39, 0.29) is 43.8 Å². The lowest BCUT2D eigenvalue weighted by molar-refractivity contribution is -0.384. The van der Waals surface area contributed by atoms with Crippen LogP contribution in [0.25, 0.3) is 0 Å². The average molecular weight is 634 g/mol. The molecule has 0 aliphatic rings. The first kappa shape index (κ1) is 34.5. The number of rotatable bonds is 16. The zero-order valence-corrected chi connectivity index (χ0v) is 24.8. The second-order valence-corrected chi connectivity index (χ2v) is 10.0. The molecule has 0 radical (unpaired) electrons. The summed E-state index contributed by atoms with van der Waals surface area (Å²) in [6.45, 7) is -0.344. The number of anilines is 1. The summed E-state index contributed by atoms with van der Waals surface area (Å²) >= 11 is 0. The molecule has 0 saturated carbocycles. The summed E-state index contributed by atoms with van der Waals surface area (Å²) in [5.74, 6) is -1.99. The second kappa shape index (κ2) is 18.0. The maximum Gasteiger partial charge on any atom is 0.407 e. The number of hydrogen-bond acceptors (Lipinski definition) is 8. The summed E-state index contributed by atoms with van der Waals surface area (Å²) in [4.78, 5) is 73.1. The molecule has 0 bridgehead atoms. The average Bonchev–Trinajstić information content (AvgIpc) is 3.04. The number of nitro groups is 1. The number of nitrogens with one attached hydrogen (secondary N) is 5. The van der Waals surface area contributed by atoms with Crippen LogP contribution in [-0.2, 0) is 32.1 Å². The third-order valence-electron chi connectivity index (χ3n) is 6.49. The number of ether oxygens (including phenoxy) is 1. The van der Waals surface area contributed by atoms with Crippen molar-refractivity contribution in [2.45, 2.75) is 38.0 Å². The fourth-order valence-corrected chi connectivity index (χ4v) is 4.19. The van der Waals surface area contributed by atoms with Crippen LogP contribution in [0.2, 0.25) is 0 Å². The van der Waals surface area contributed by atoms with Crippen molar-refractivity contribution in [3.63, 3.8) is 0 Å². The molecule has 2 atom stereocenters. The van der Waals surface area contributed by atoms with Gasteiger partial charge in [0.1, 0.15) is 25.2 Å². The maximum absolute atomic E-state index is 13.5. The van der Waals surface area contributed by atoms with Crippen LogP contribution in [0.3, 0.4) is 0 Å². The van der Waals surface area contributed by atoms with Crippen molar-refractivity contribution in [2.24, 2.45) is 5.73 Å². The van der Waals surface area contributed by atoms with Crippen molar-refractivity contribution < 1.29 is 33.6 Å². The normalized spacial score (nSPS) is 11.7. The Morgan fingerprint density at radius 3 is 2.02 bits per heavy atom. The van der Waals surface area contributed by atoms with Crippen molar-refractivity contribution in [1.82, 2.24) is 21.3 Å². The Kier molecular flexibility index (Phi) is 13.5. The van der Waals surface area contributed by atoms with Gasteiger partial charge in [0.2, 0.25) is 17.7 Å². The molecule has 15 heteroatoms. The fraction of sp³-hybridized carbons (Fsp3) is 0.258. The van der Waals surface area contributed by atoms with Gasteiger partial charge in [-0.05, 0) is 36.1 Å². The van der Waals surface area contributed by atoms with Gasteiger partial charge in [-0.2, -0.15) is 0 Å². The van der Waals surface area contributed by atoms with Crippen LogP contribution in [0.15, 0.2) is 84.9 Å². The lowest BCUT2D eigenvalue weighted by Gasteiger charge is -2.23. The highest BCUT2D eigenvalue weighted by molar-refractivity contribution is 5.98. The number of nitrogens with two attached hydrogens (primary N) is 1. The molecule has 3 aromatic carbocycles. The van der Waals surface area contributed by atoms with E-state index in [4.69, 9.17) is 10.5 Å². The third-order valence-corrected chi connectivity index (χ3v) is 6.49. The minimum Gasteiger partial charge on any atom is -0.445 e. The minimum atomic E-state index is -1.14. The summed E-state index contributed by atoms with van der Waals surface area (Å²) in [6, 6.07) is 19.9. The topological polar surface area (TPSA) is 224 Å². The van der Waals surface area contributed by atoms with E-state index in [0.717, 1.165) is 11.1 Å². The van der Waals surface area contributed by atoms with Gasteiger partial charge in [0.15, 0.2) is 0 Å². The molecular formula is C31H35N7O8. The summed E-state index contributed by atoms with van der Waals surface area (Å²) in [5, 5.41) is 23.6. The van der Waals surface area contributed by atoms with Crippen molar-refractivity contribution >= 4 is 41.2 Å². The Balaban J connectivity index is 1.67. The number of alkyl carbamates (subject to hydrolysis) is 1. The van der Waals surface area contributed by atoms with Gasteiger partial charge in [0, 0.05) is 30.8 Å². The SMILES string of the molecule is NC(=O)NCCC[C@H](NC(=O)[C@H](Cc1ccccc1)NC(=O)CNC(=O)OCc1ccccc1)C(=O)Nc1ccc([N+](=O)[O-])cc1.